The highest BCUT2D eigenvalue weighted by molar-refractivity contribution is 6.31. The Bertz CT molecular complexity index is 989. The van der Waals surface area contributed by atoms with Crippen molar-refractivity contribution in [1.82, 2.24) is 9.88 Å². The maximum absolute atomic E-state index is 13.8. The van der Waals surface area contributed by atoms with E-state index in [2.05, 4.69) is 4.98 Å². The summed E-state index contributed by atoms with van der Waals surface area (Å²) in [6, 6.07) is 14.9. The van der Waals surface area contributed by atoms with Gasteiger partial charge in [-0.15, -0.1) is 0 Å². The minimum Gasteiger partial charge on any atom is -0.451 e. The number of hydrogen-bond donors (Lipinski definition) is 0. The van der Waals surface area contributed by atoms with Crippen LogP contribution in [0.1, 0.15) is 16.1 Å². The van der Waals surface area contributed by atoms with E-state index >= 15 is 0 Å². The number of carbonyl (C=O) groups is 2. The van der Waals surface area contributed by atoms with Crippen LogP contribution in [0.5, 0.6) is 0 Å². The van der Waals surface area contributed by atoms with Crippen LogP contribution in [-0.2, 0) is 16.1 Å². The van der Waals surface area contributed by atoms with Crippen molar-refractivity contribution in [2.75, 3.05) is 13.7 Å². The number of benzene rings is 2. The van der Waals surface area contributed by atoms with E-state index in [9.17, 15) is 14.0 Å². The van der Waals surface area contributed by atoms with E-state index in [-0.39, 0.29) is 22.8 Å². The van der Waals surface area contributed by atoms with Crippen molar-refractivity contribution in [2.24, 2.45) is 0 Å². The molecule has 27 heavy (non-hydrogen) atoms. The van der Waals surface area contributed by atoms with Crippen LogP contribution in [0, 0.1) is 5.82 Å². The Morgan fingerprint density at radius 1 is 1.11 bits per heavy atom. The number of likely N-dealkylation sites (N-methyl/N-ethyl adjacent to an activating group) is 1. The SMILES string of the molecule is CN(Cc1c(F)cccc1Cl)C(=O)COC(=O)c1ccc2ccccc2n1. The third kappa shape index (κ3) is 4.41. The molecule has 0 N–H and O–H groups in total. The summed E-state index contributed by atoms with van der Waals surface area (Å²) < 4.78 is 18.9. The van der Waals surface area contributed by atoms with Gasteiger partial charge in [-0.25, -0.2) is 14.2 Å². The molecule has 0 atom stereocenters. The Hall–Kier alpha value is -2.99. The molecule has 0 unspecified atom stereocenters. The largest absolute Gasteiger partial charge is 0.451 e. The van der Waals surface area contributed by atoms with Crippen LogP contribution >= 0.6 is 11.6 Å². The first-order valence-corrected chi connectivity index (χ1v) is 8.53. The van der Waals surface area contributed by atoms with Gasteiger partial charge in [0.1, 0.15) is 11.5 Å². The second-order valence-electron chi connectivity index (χ2n) is 5.92. The third-order valence-electron chi connectivity index (χ3n) is 4.02. The summed E-state index contributed by atoms with van der Waals surface area (Å²) in [7, 11) is 1.48. The van der Waals surface area contributed by atoms with Gasteiger partial charge in [0.15, 0.2) is 6.61 Å². The van der Waals surface area contributed by atoms with E-state index in [1.165, 1.54) is 30.1 Å². The molecule has 0 spiro atoms. The summed E-state index contributed by atoms with van der Waals surface area (Å²) in [6.45, 7) is -0.508. The van der Waals surface area contributed by atoms with E-state index in [1.54, 1.807) is 18.2 Å². The van der Waals surface area contributed by atoms with Crippen molar-refractivity contribution < 1.29 is 18.7 Å². The van der Waals surface area contributed by atoms with Gasteiger partial charge in [-0.05, 0) is 24.3 Å². The average molecular weight is 387 g/mol. The van der Waals surface area contributed by atoms with E-state index < -0.39 is 24.3 Å². The molecular weight excluding hydrogens is 371 g/mol. The van der Waals surface area contributed by atoms with E-state index in [0.717, 1.165) is 5.39 Å². The lowest BCUT2D eigenvalue weighted by atomic mass is 10.2. The van der Waals surface area contributed by atoms with Gasteiger partial charge in [0.2, 0.25) is 0 Å². The fourth-order valence-electron chi connectivity index (χ4n) is 2.50. The predicted molar refractivity (Wildman–Crippen MR) is 99.9 cm³/mol. The lowest BCUT2D eigenvalue weighted by Gasteiger charge is -2.18. The summed E-state index contributed by atoms with van der Waals surface area (Å²) >= 11 is 5.96. The molecule has 0 saturated heterocycles. The molecule has 0 bridgehead atoms. The summed E-state index contributed by atoms with van der Waals surface area (Å²) in [6.07, 6.45) is 0. The van der Waals surface area contributed by atoms with Crippen LogP contribution in [0.4, 0.5) is 4.39 Å². The lowest BCUT2D eigenvalue weighted by Crippen LogP contribution is -2.31. The van der Waals surface area contributed by atoms with Gasteiger partial charge < -0.3 is 9.64 Å². The van der Waals surface area contributed by atoms with E-state index in [0.29, 0.717) is 5.52 Å². The van der Waals surface area contributed by atoms with Crippen molar-refractivity contribution in [3.05, 3.63) is 76.7 Å². The van der Waals surface area contributed by atoms with E-state index in [4.69, 9.17) is 16.3 Å². The highest BCUT2D eigenvalue weighted by Gasteiger charge is 2.17. The van der Waals surface area contributed by atoms with E-state index in [1.807, 2.05) is 18.2 Å². The summed E-state index contributed by atoms with van der Waals surface area (Å²) in [4.78, 5) is 29.8. The molecule has 1 aromatic heterocycles. The average Bonchev–Trinajstić information content (AvgIpc) is 2.68. The van der Waals surface area contributed by atoms with Crippen LogP contribution in [0.25, 0.3) is 10.9 Å². The molecule has 0 saturated carbocycles. The second-order valence-corrected chi connectivity index (χ2v) is 6.32. The maximum Gasteiger partial charge on any atom is 0.357 e. The van der Waals surface area contributed by atoms with Gasteiger partial charge in [-0.2, -0.15) is 0 Å². The summed E-state index contributed by atoms with van der Waals surface area (Å²) in [5, 5.41) is 1.12. The number of para-hydroxylation sites is 1. The summed E-state index contributed by atoms with van der Waals surface area (Å²) in [5.74, 6) is -1.69. The first-order valence-electron chi connectivity index (χ1n) is 8.15. The molecule has 1 amide bonds. The standard InChI is InChI=1S/C20H16ClFN2O3/c1-24(11-14-15(21)6-4-7-16(14)22)19(25)12-27-20(26)18-10-9-13-5-2-3-8-17(13)23-18/h2-10H,11-12H2,1H3. The number of aromatic nitrogens is 1. The molecule has 2 aromatic carbocycles. The van der Waals surface area contributed by atoms with Gasteiger partial charge >= 0.3 is 5.97 Å². The fraction of sp³-hybridized carbons (Fsp3) is 0.150. The Morgan fingerprint density at radius 2 is 1.89 bits per heavy atom. The minimum atomic E-state index is -0.702. The molecule has 138 valence electrons. The number of nitrogens with zero attached hydrogens (tertiary/aromatic N) is 2. The number of fused-ring (bicyclic) bond motifs is 1. The predicted octanol–water partition coefficient (Wildman–Crippen LogP) is 3.84. The molecule has 1 heterocycles. The minimum absolute atomic E-state index is 0.0316. The van der Waals surface area contributed by atoms with Gasteiger partial charge in [-0.1, -0.05) is 41.9 Å². The first kappa shape index (κ1) is 18.8. The third-order valence-corrected chi connectivity index (χ3v) is 4.37. The van der Waals surface area contributed by atoms with Crippen LogP contribution in [0.2, 0.25) is 5.02 Å². The zero-order valence-electron chi connectivity index (χ0n) is 14.5. The van der Waals surface area contributed by atoms with Gasteiger partial charge in [-0.3, -0.25) is 4.79 Å². The zero-order valence-corrected chi connectivity index (χ0v) is 15.2. The molecule has 0 radical (unpaired) electrons. The molecule has 0 aliphatic rings. The van der Waals surface area contributed by atoms with Crippen molar-refractivity contribution in [1.29, 1.82) is 0 Å². The first-order chi connectivity index (χ1) is 13.0. The molecule has 3 rings (SSSR count). The number of ether oxygens (including phenoxy) is 1. The number of pyridine rings is 1. The normalized spacial score (nSPS) is 10.6. The van der Waals surface area contributed by atoms with Crippen molar-refractivity contribution in [3.8, 4) is 0 Å². The Morgan fingerprint density at radius 3 is 2.67 bits per heavy atom. The molecule has 7 heteroatoms. The summed E-state index contributed by atoms with van der Waals surface area (Å²) in [5.41, 5.74) is 0.975. The van der Waals surface area contributed by atoms with Crippen molar-refractivity contribution in [3.63, 3.8) is 0 Å². The number of esters is 1. The van der Waals surface area contributed by atoms with Crippen LogP contribution < -0.4 is 0 Å². The maximum atomic E-state index is 13.8. The molecule has 5 nitrogen and oxygen atoms in total. The number of rotatable bonds is 5. The van der Waals surface area contributed by atoms with Crippen molar-refractivity contribution >= 4 is 34.4 Å². The van der Waals surface area contributed by atoms with Crippen LogP contribution in [0.3, 0.4) is 0 Å². The molecular formula is C20H16ClFN2O3. The molecule has 0 fully saturated rings. The van der Waals surface area contributed by atoms with Gasteiger partial charge in [0.05, 0.1) is 5.52 Å². The van der Waals surface area contributed by atoms with Gasteiger partial charge in [0, 0.05) is 29.6 Å². The number of halogens is 2. The molecule has 0 aliphatic carbocycles. The Balaban J connectivity index is 1.61. The highest BCUT2D eigenvalue weighted by Crippen LogP contribution is 2.20. The van der Waals surface area contributed by atoms with Crippen LogP contribution in [0.15, 0.2) is 54.6 Å². The highest BCUT2D eigenvalue weighted by atomic mass is 35.5. The zero-order chi connectivity index (χ0) is 19.4. The van der Waals surface area contributed by atoms with Gasteiger partial charge in [0.25, 0.3) is 5.91 Å². The second kappa shape index (κ2) is 8.14. The van der Waals surface area contributed by atoms with Crippen molar-refractivity contribution in [2.45, 2.75) is 6.54 Å². The number of carbonyl (C=O) groups excluding carboxylic acids is 2. The fourth-order valence-corrected chi connectivity index (χ4v) is 2.72. The monoisotopic (exact) mass is 386 g/mol. The number of amides is 1. The quantitative estimate of drug-likeness (QED) is 0.625. The Labute approximate surface area is 160 Å². The number of hydrogen-bond acceptors (Lipinski definition) is 4. The molecule has 3 aromatic rings. The van der Waals surface area contributed by atoms with Crippen LogP contribution in [-0.4, -0.2) is 35.4 Å². The Kier molecular flexibility index (Phi) is 5.66. The topological polar surface area (TPSA) is 59.5 Å². The molecule has 0 aliphatic heterocycles. The lowest BCUT2D eigenvalue weighted by molar-refractivity contribution is -0.133. The smallest absolute Gasteiger partial charge is 0.357 e.